The van der Waals surface area contributed by atoms with Crippen molar-refractivity contribution < 1.29 is 33.6 Å². The van der Waals surface area contributed by atoms with E-state index < -0.39 is 5.97 Å². The first-order valence-electron chi connectivity index (χ1n) is 9.79. The lowest BCUT2D eigenvalue weighted by Gasteiger charge is -2.22. The van der Waals surface area contributed by atoms with Crippen LogP contribution in [0.3, 0.4) is 0 Å². The van der Waals surface area contributed by atoms with E-state index in [9.17, 15) is 9.59 Å². The zero-order valence-corrected chi connectivity index (χ0v) is 17.3. The smallest absolute Gasteiger partial charge is 0.303 e. The van der Waals surface area contributed by atoms with E-state index >= 15 is 0 Å². The average molecular weight is 422 g/mol. The lowest BCUT2D eigenvalue weighted by Crippen LogP contribution is -2.23. The molecule has 158 valence electrons. The second-order valence-corrected chi connectivity index (χ2v) is 7.92. The summed E-state index contributed by atoms with van der Waals surface area (Å²) in [6.45, 7) is 1.80. The molecular formula is C21H26O7S. The number of carbonyl (C=O) groups is 2. The molecule has 1 saturated heterocycles. The minimum absolute atomic E-state index is 0.00659. The molecule has 0 spiro atoms. The largest absolute Gasteiger partial charge is 0.493 e. The molecule has 0 aliphatic carbocycles. The Labute approximate surface area is 173 Å². The van der Waals surface area contributed by atoms with Gasteiger partial charge in [0.25, 0.3) is 0 Å². The van der Waals surface area contributed by atoms with Crippen molar-refractivity contribution in [1.29, 1.82) is 0 Å². The lowest BCUT2D eigenvalue weighted by atomic mass is 10.1. The molecule has 1 N–H and O–H groups in total. The van der Waals surface area contributed by atoms with E-state index in [-0.39, 0.29) is 24.9 Å². The van der Waals surface area contributed by atoms with Crippen LogP contribution in [0, 0.1) is 0 Å². The molecule has 2 aromatic rings. The van der Waals surface area contributed by atoms with Gasteiger partial charge < -0.3 is 24.1 Å². The Balaban J connectivity index is 1.57. The van der Waals surface area contributed by atoms with E-state index in [1.54, 1.807) is 13.2 Å². The van der Waals surface area contributed by atoms with E-state index in [4.69, 9.17) is 24.1 Å². The van der Waals surface area contributed by atoms with Gasteiger partial charge in [0.2, 0.25) is 0 Å². The van der Waals surface area contributed by atoms with Crippen LogP contribution in [0.1, 0.15) is 48.2 Å². The molecule has 1 unspecified atom stereocenters. The fraction of sp³-hybridized carbons (Fsp3) is 0.524. The minimum Gasteiger partial charge on any atom is -0.493 e. The third-order valence-corrected chi connectivity index (χ3v) is 5.77. The number of fused-ring (bicyclic) bond motifs is 1. The minimum atomic E-state index is -0.976. The number of carboxylic acids is 1. The van der Waals surface area contributed by atoms with E-state index in [2.05, 4.69) is 0 Å². The van der Waals surface area contributed by atoms with Gasteiger partial charge in [-0.05, 0) is 36.8 Å². The van der Waals surface area contributed by atoms with Crippen LogP contribution in [-0.2, 0) is 14.3 Å². The fourth-order valence-electron chi connectivity index (χ4n) is 3.10. The molecule has 0 saturated carbocycles. The van der Waals surface area contributed by atoms with E-state index in [0.29, 0.717) is 29.6 Å². The number of ketones is 1. The van der Waals surface area contributed by atoms with Crippen LogP contribution in [0.15, 0.2) is 18.2 Å². The van der Waals surface area contributed by atoms with Crippen molar-refractivity contribution >= 4 is 33.2 Å². The van der Waals surface area contributed by atoms with Crippen molar-refractivity contribution in [1.82, 2.24) is 0 Å². The first-order chi connectivity index (χ1) is 14.1. The first-order valence-corrected chi connectivity index (χ1v) is 10.6. The number of benzene rings is 1. The zero-order valence-electron chi connectivity index (χ0n) is 16.5. The number of carbonyl (C=O) groups excluding carboxylic acids is 1. The van der Waals surface area contributed by atoms with Gasteiger partial charge in [0.1, 0.15) is 0 Å². The molecule has 8 heteroatoms. The Kier molecular flexibility index (Phi) is 7.85. The second-order valence-electron chi connectivity index (χ2n) is 6.84. The number of thiophene rings is 1. The standard InChI is InChI=1S/C21H26O7S/c1-25-16-13-18-14(12-19(29-18)15(22)6-7-20(23)24)11-17(16)26-9-4-10-28-21-5-2-3-8-27-21/h11-13,21H,2-10H2,1H3,(H,23,24). The predicted molar refractivity (Wildman–Crippen MR) is 109 cm³/mol. The van der Waals surface area contributed by atoms with Crippen LogP contribution >= 0.6 is 11.3 Å². The van der Waals surface area contributed by atoms with Gasteiger partial charge in [0, 0.05) is 30.2 Å². The average Bonchev–Trinajstić information content (AvgIpc) is 3.14. The van der Waals surface area contributed by atoms with Crippen LogP contribution < -0.4 is 9.47 Å². The molecule has 1 aliphatic rings. The Morgan fingerprint density at radius 1 is 1.17 bits per heavy atom. The molecule has 0 amide bonds. The maximum atomic E-state index is 12.2. The first kappa shape index (κ1) is 21.5. The monoisotopic (exact) mass is 422 g/mol. The molecule has 29 heavy (non-hydrogen) atoms. The summed E-state index contributed by atoms with van der Waals surface area (Å²) < 4.78 is 23.4. The number of rotatable bonds is 11. The van der Waals surface area contributed by atoms with Crippen LogP contribution in [0.25, 0.3) is 10.1 Å². The summed E-state index contributed by atoms with van der Waals surface area (Å²) in [6.07, 6.45) is 3.63. The summed E-state index contributed by atoms with van der Waals surface area (Å²) in [6, 6.07) is 5.47. The SMILES string of the molecule is COc1cc2sc(C(=O)CCC(=O)O)cc2cc1OCCCOC1CCCCO1. The highest BCUT2D eigenvalue weighted by Crippen LogP contribution is 2.37. The summed E-state index contributed by atoms with van der Waals surface area (Å²) in [5, 5.41) is 9.62. The predicted octanol–water partition coefficient (Wildman–Crippen LogP) is 4.27. The number of hydrogen-bond acceptors (Lipinski definition) is 7. The van der Waals surface area contributed by atoms with Crippen molar-refractivity contribution in [3.63, 3.8) is 0 Å². The Bertz CT molecular complexity index is 839. The molecule has 7 nitrogen and oxygen atoms in total. The van der Waals surface area contributed by atoms with E-state index in [0.717, 1.165) is 42.4 Å². The van der Waals surface area contributed by atoms with Gasteiger partial charge >= 0.3 is 5.97 Å². The van der Waals surface area contributed by atoms with Crippen molar-refractivity contribution in [2.24, 2.45) is 0 Å². The van der Waals surface area contributed by atoms with Crippen molar-refractivity contribution in [2.75, 3.05) is 26.9 Å². The molecule has 3 rings (SSSR count). The molecule has 1 fully saturated rings. The van der Waals surface area contributed by atoms with Gasteiger partial charge in [-0.1, -0.05) is 0 Å². The van der Waals surface area contributed by atoms with Gasteiger partial charge in [0.05, 0.1) is 31.6 Å². The summed E-state index contributed by atoms with van der Waals surface area (Å²) >= 11 is 1.33. The quantitative estimate of drug-likeness (QED) is 0.427. The summed E-state index contributed by atoms with van der Waals surface area (Å²) in [4.78, 5) is 23.4. The highest BCUT2D eigenvalue weighted by atomic mass is 32.1. The number of carboxylic acid groups (broad SMARTS) is 1. The molecule has 1 aromatic carbocycles. The number of ether oxygens (including phenoxy) is 4. The van der Waals surface area contributed by atoms with Crippen molar-refractivity contribution in [2.45, 2.75) is 44.8 Å². The highest BCUT2D eigenvalue weighted by Gasteiger charge is 2.16. The molecule has 1 atom stereocenters. The summed E-state index contributed by atoms with van der Waals surface area (Å²) in [5.41, 5.74) is 0. The van der Waals surface area contributed by atoms with Crippen LogP contribution in [0.4, 0.5) is 0 Å². The molecule has 0 radical (unpaired) electrons. The maximum Gasteiger partial charge on any atom is 0.303 e. The summed E-state index contributed by atoms with van der Waals surface area (Å²) in [5.74, 6) is 0.0598. The van der Waals surface area contributed by atoms with Gasteiger partial charge in [0.15, 0.2) is 23.6 Å². The fourth-order valence-corrected chi connectivity index (χ4v) is 4.14. The van der Waals surface area contributed by atoms with E-state index in [1.165, 1.54) is 11.3 Å². The molecular weight excluding hydrogens is 396 g/mol. The van der Waals surface area contributed by atoms with Crippen LogP contribution in [0.5, 0.6) is 11.5 Å². The Morgan fingerprint density at radius 2 is 2.03 bits per heavy atom. The lowest BCUT2D eigenvalue weighted by molar-refractivity contribution is -0.163. The normalized spacial score (nSPS) is 16.7. The summed E-state index contributed by atoms with van der Waals surface area (Å²) in [7, 11) is 1.57. The number of Topliss-reactive ketones (excluding diaryl/α,β-unsaturated/α-hetero) is 1. The van der Waals surface area contributed by atoms with Crippen LogP contribution in [-0.4, -0.2) is 50.1 Å². The Hall–Kier alpha value is -2.16. The highest BCUT2D eigenvalue weighted by molar-refractivity contribution is 7.20. The number of aliphatic carboxylic acids is 1. The molecule has 2 heterocycles. The van der Waals surface area contributed by atoms with E-state index in [1.807, 2.05) is 12.1 Å². The number of methoxy groups -OCH3 is 1. The Morgan fingerprint density at radius 3 is 2.76 bits per heavy atom. The van der Waals surface area contributed by atoms with Gasteiger partial charge in [-0.2, -0.15) is 0 Å². The van der Waals surface area contributed by atoms with Crippen molar-refractivity contribution in [3.8, 4) is 11.5 Å². The number of hydrogen-bond donors (Lipinski definition) is 1. The van der Waals surface area contributed by atoms with Gasteiger partial charge in [-0.25, -0.2) is 0 Å². The van der Waals surface area contributed by atoms with Gasteiger partial charge in [-0.3, -0.25) is 9.59 Å². The van der Waals surface area contributed by atoms with Crippen LogP contribution in [0.2, 0.25) is 0 Å². The molecule has 0 bridgehead atoms. The molecule has 1 aromatic heterocycles. The maximum absolute atomic E-state index is 12.2. The van der Waals surface area contributed by atoms with Gasteiger partial charge in [-0.15, -0.1) is 11.3 Å². The zero-order chi connectivity index (χ0) is 20.6. The topological polar surface area (TPSA) is 91.3 Å². The second kappa shape index (κ2) is 10.6. The third kappa shape index (κ3) is 6.16. The third-order valence-electron chi connectivity index (χ3n) is 4.63. The molecule has 1 aliphatic heterocycles. The van der Waals surface area contributed by atoms with Crippen molar-refractivity contribution in [3.05, 3.63) is 23.1 Å².